The highest BCUT2D eigenvalue weighted by atomic mass is 16.3. The fourth-order valence-electron chi connectivity index (χ4n) is 2.62. The van der Waals surface area contributed by atoms with E-state index < -0.39 is 0 Å². The molecule has 0 aliphatic rings. The van der Waals surface area contributed by atoms with E-state index in [1.54, 1.807) is 6.26 Å². The van der Waals surface area contributed by atoms with E-state index in [1.165, 1.54) is 11.1 Å². The summed E-state index contributed by atoms with van der Waals surface area (Å²) in [6.07, 6.45) is 1.74. The third kappa shape index (κ3) is 2.21. The van der Waals surface area contributed by atoms with Crippen LogP contribution in [-0.4, -0.2) is 12.0 Å². The molecule has 0 bridgehead atoms. The molecule has 3 aromatic rings. The van der Waals surface area contributed by atoms with Gasteiger partial charge in [-0.2, -0.15) is 0 Å². The third-order valence-electron chi connectivity index (χ3n) is 3.68. The average molecular weight is 266 g/mol. The summed E-state index contributed by atoms with van der Waals surface area (Å²) >= 11 is 0. The number of nitrogens with one attached hydrogen (secondary N) is 1. The number of aryl methyl sites for hydroxylation is 2. The van der Waals surface area contributed by atoms with Crippen LogP contribution in [0, 0.1) is 13.8 Å². The average Bonchev–Trinajstić information content (AvgIpc) is 2.86. The fourth-order valence-corrected chi connectivity index (χ4v) is 2.62. The first-order valence-corrected chi connectivity index (χ1v) is 6.77. The number of fused-ring (bicyclic) bond motifs is 1. The maximum atomic E-state index is 5.42. The van der Waals surface area contributed by atoms with Crippen LogP contribution < -0.4 is 5.32 Å². The van der Waals surface area contributed by atoms with Crippen LogP contribution in [0.3, 0.4) is 0 Å². The molecule has 1 N–H and O–H groups in total. The Kier molecular flexibility index (Phi) is 3.28. The first-order valence-electron chi connectivity index (χ1n) is 6.77. The van der Waals surface area contributed by atoms with E-state index in [2.05, 4.69) is 34.6 Å². The zero-order valence-electron chi connectivity index (χ0n) is 12.0. The minimum atomic E-state index is 0.138. The van der Waals surface area contributed by atoms with Crippen molar-refractivity contribution >= 4 is 10.9 Å². The molecule has 3 rings (SSSR count). The van der Waals surface area contributed by atoms with Crippen LogP contribution in [0.15, 0.2) is 47.1 Å². The molecule has 0 aliphatic heterocycles. The van der Waals surface area contributed by atoms with Crippen LogP contribution in [0.4, 0.5) is 0 Å². The number of hydrogen-bond acceptors (Lipinski definition) is 3. The molecule has 1 aromatic carbocycles. The number of hydrogen-bond donors (Lipinski definition) is 1. The lowest BCUT2D eigenvalue weighted by Gasteiger charge is -2.16. The molecule has 3 heteroatoms. The number of furan rings is 1. The normalized spacial score (nSPS) is 12.8. The molecule has 3 nitrogen and oxygen atoms in total. The SMILES string of the molecule is CNC(c1ccc2nc(C)ccc2c1)c1ccoc1C. The van der Waals surface area contributed by atoms with Crippen molar-refractivity contribution < 1.29 is 4.42 Å². The summed E-state index contributed by atoms with van der Waals surface area (Å²) in [5.41, 5.74) is 4.47. The summed E-state index contributed by atoms with van der Waals surface area (Å²) < 4.78 is 5.42. The van der Waals surface area contributed by atoms with Crippen molar-refractivity contribution in [2.45, 2.75) is 19.9 Å². The zero-order valence-corrected chi connectivity index (χ0v) is 12.0. The molecular weight excluding hydrogens is 248 g/mol. The molecule has 1 unspecified atom stereocenters. The Hall–Kier alpha value is -2.13. The molecule has 0 fully saturated rings. The maximum absolute atomic E-state index is 5.42. The van der Waals surface area contributed by atoms with Crippen LogP contribution in [0.25, 0.3) is 10.9 Å². The van der Waals surface area contributed by atoms with E-state index in [0.717, 1.165) is 22.4 Å². The van der Waals surface area contributed by atoms with Crippen LogP contribution in [0.2, 0.25) is 0 Å². The van der Waals surface area contributed by atoms with Crippen LogP contribution in [-0.2, 0) is 0 Å². The highest BCUT2D eigenvalue weighted by Crippen LogP contribution is 2.27. The van der Waals surface area contributed by atoms with Gasteiger partial charge in [0, 0.05) is 16.6 Å². The molecule has 102 valence electrons. The summed E-state index contributed by atoms with van der Waals surface area (Å²) in [6.45, 7) is 4.00. The second kappa shape index (κ2) is 5.10. The lowest BCUT2D eigenvalue weighted by atomic mass is 9.98. The van der Waals surface area contributed by atoms with Crippen molar-refractivity contribution in [3.8, 4) is 0 Å². The maximum Gasteiger partial charge on any atom is 0.105 e. The molecule has 2 heterocycles. The van der Waals surface area contributed by atoms with Gasteiger partial charge in [0.2, 0.25) is 0 Å². The Labute approximate surface area is 118 Å². The zero-order chi connectivity index (χ0) is 14.1. The van der Waals surface area contributed by atoms with E-state index in [-0.39, 0.29) is 6.04 Å². The summed E-state index contributed by atoms with van der Waals surface area (Å²) in [5.74, 6) is 0.950. The van der Waals surface area contributed by atoms with Gasteiger partial charge in [-0.1, -0.05) is 12.1 Å². The number of aromatic nitrogens is 1. The molecule has 0 radical (unpaired) electrons. The standard InChI is InChI=1S/C17H18N2O/c1-11-4-5-13-10-14(6-7-16(13)19-11)17(18-3)15-8-9-20-12(15)2/h4-10,17-18H,1-3H3. The van der Waals surface area contributed by atoms with Gasteiger partial charge in [0.05, 0.1) is 17.8 Å². The number of nitrogens with zero attached hydrogens (tertiary/aromatic N) is 1. The smallest absolute Gasteiger partial charge is 0.105 e. The monoisotopic (exact) mass is 266 g/mol. The van der Waals surface area contributed by atoms with Crippen molar-refractivity contribution in [2.75, 3.05) is 7.05 Å². The predicted octanol–water partition coefficient (Wildman–Crippen LogP) is 3.75. The van der Waals surface area contributed by atoms with Gasteiger partial charge in [-0.05, 0) is 50.7 Å². The molecule has 20 heavy (non-hydrogen) atoms. The van der Waals surface area contributed by atoms with Gasteiger partial charge < -0.3 is 9.73 Å². The Morgan fingerprint density at radius 1 is 1.10 bits per heavy atom. The summed E-state index contributed by atoms with van der Waals surface area (Å²) in [4.78, 5) is 4.54. The van der Waals surface area contributed by atoms with E-state index in [0.29, 0.717) is 0 Å². The van der Waals surface area contributed by atoms with Crippen LogP contribution in [0.5, 0.6) is 0 Å². The number of pyridine rings is 1. The van der Waals surface area contributed by atoms with Gasteiger partial charge in [0.1, 0.15) is 5.76 Å². The van der Waals surface area contributed by atoms with E-state index >= 15 is 0 Å². The van der Waals surface area contributed by atoms with Gasteiger partial charge in [0.15, 0.2) is 0 Å². The lowest BCUT2D eigenvalue weighted by molar-refractivity contribution is 0.523. The van der Waals surface area contributed by atoms with Gasteiger partial charge in [-0.15, -0.1) is 0 Å². The van der Waals surface area contributed by atoms with E-state index in [1.807, 2.05) is 33.0 Å². The minimum Gasteiger partial charge on any atom is -0.469 e. The summed E-state index contributed by atoms with van der Waals surface area (Å²) in [7, 11) is 1.97. The first kappa shape index (κ1) is 12.9. The highest BCUT2D eigenvalue weighted by Gasteiger charge is 2.16. The molecule has 0 saturated heterocycles. The Morgan fingerprint density at radius 2 is 1.95 bits per heavy atom. The summed E-state index contributed by atoms with van der Waals surface area (Å²) in [5, 5.41) is 4.52. The topological polar surface area (TPSA) is 38.1 Å². The highest BCUT2D eigenvalue weighted by molar-refractivity contribution is 5.79. The Balaban J connectivity index is 2.08. The predicted molar refractivity (Wildman–Crippen MR) is 80.8 cm³/mol. The molecule has 0 amide bonds. The first-order chi connectivity index (χ1) is 9.69. The van der Waals surface area contributed by atoms with Gasteiger partial charge in [0.25, 0.3) is 0 Å². The minimum absolute atomic E-state index is 0.138. The second-order valence-corrected chi connectivity index (χ2v) is 5.06. The Morgan fingerprint density at radius 3 is 2.65 bits per heavy atom. The van der Waals surface area contributed by atoms with Crippen molar-refractivity contribution in [3.05, 3.63) is 65.2 Å². The van der Waals surface area contributed by atoms with Crippen molar-refractivity contribution in [3.63, 3.8) is 0 Å². The lowest BCUT2D eigenvalue weighted by Crippen LogP contribution is -2.17. The number of rotatable bonds is 3. The largest absolute Gasteiger partial charge is 0.469 e. The summed E-state index contributed by atoms with van der Waals surface area (Å²) in [6, 6.07) is 12.7. The third-order valence-corrected chi connectivity index (χ3v) is 3.68. The molecule has 2 aromatic heterocycles. The van der Waals surface area contributed by atoms with E-state index in [9.17, 15) is 0 Å². The quantitative estimate of drug-likeness (QED) is 0.784. The van der Waals surface area contributed by atoms with Gasteiger partial charge in [-0.3, -0.25) is 4.98 Å². The molecular formula is C17H18N2O. The second-order valence-electron chi connectivity index (χ2n) is 5.06. The number of benzene rings is 1. The van der Waals surface area contributed by atoms with Crippen molar-refractivity contribution in [2.24, 2.45) is 0 Å². The van der Waals surface area contributed by atoms with Crippen LogP contribution in [0.1, 0.15) is 28.6 Å². The molecule has 0 saturated carbocycles. The van der Waals surface area contributed by atoms with Crippen molar-refractivity contribution in [1.82, 2.24) is 10.3 Å². The van der Waals surface area contributed by atoms with Gasteiger partial charge >= 0.3 is 0 Å². The molecule has 0 aliphatic carbocycles. The molecule has 1 atom stereocenters. The van der Waals surface area contributed by atoms with Gasteiger partial charge in [-0.25, -0.2) is 0 Å². The molecule has 0 spiro atoms. The Bertz CT molecular complexity index is 746. The van der Waals surface area contributed by atoms with Crippen molar-refractivity contribution in [1.29, 1.82) is 0 Å². The van der Waals surface area contributed by atoms with E-state index in [4.69, 9.17) is 4.42 Å². The van der Waals surface area contributed by atoms with Crippen LogP contribution >= 0.6 is 0 Å². The fraction of sp³-hybridized carbons (Fsp3) is 0.235.